The molecule has 1 N–H and O–H groups in total. The lowest BCUT2D eigenvalue weighted by molar-refractivity contribution is 0.0697. The van der Waals surface area contributed by atoms with E-state index in [2.05, 4.69) is 0 Å². The van der Waals surface area contributed by atoms with E-state index >= 15 is 0 Å². The molecule has 2 nitrogen and oxygen atoms in total. The summed E-state index contributed by atoms with van der Waals surface area (Å²) >= 11 is 5.69. The molecule has 1 aromatic carbocycles. The molecule has 0 saturated carbocycles. The van der Waals surface area contributed by atoms with Gasteiger partial charge in [0.25, 0.3) is 0 Å². The summed E-state index contributed by atoms with van der Waals surface area (Å²) in [5.41, 5.74) is 1.05. The molecule has 3 heteroatoms. The quantitative estimate of drug-likeness (QED) is 0.777. The van der Waals surface area contributed by atoms with Gasteiger partial charge in [0.1, 0.15) is 0 Å². The number of aryl methyl sites for hydroxylation is 1. The van der Waals surface area contributed by atoms with E-state index in [1.807, 2.05) is 27.7 Å². The number of aromatic carboxylic acids is 1. The van der Waals surface area contributed by atoms with Crippen LogP contribution >= 0.6 is 11.6 Å². The number of rotatable bonds is 1. The predicted octanol–water partition coefficient (Wildman–Crippen LogP) is 4.40. The lowest BCUT2D eigenvalue weighted by Gasteiger charge is -1.97. The van der Waals surface area contributed by atoms with Crippen molar-refractivity contribution in [3.05, 3.63) is 34.3 Å². The molecule has 0 bridgehead atoms. The smallest absolute Gasteiger partial charge is 0.335 e. The number of hydrogen-bond donors (Lipinski definition) is 1. The summed E-state index contributed by atoms with van der Waals surface area (Å²) in [4.78, 5) is 10.4. The average Bonchev–Trinajstić information content (AvgIpc) is 2.27. The second-order valence-corrected chi connectivity index (χ2v) is 2.68. The van der Waals surface area contributed by atoms with Gasteiger partial charge in [0.05, 0.1) is 5.56 Å². The maximum atomic E-state index is 10.4. The van der Waals surface area contributed by atoms with E-state index in [-0.39, 0.29) is 5.56 Å². The van der Waals surface area contributed by atoms with Gasteiger partial charge in [-0.05, 0) is 30.7 Å². The first-order chi connectivity index (χ1) is 7.11. The largest absolute Gasteiger partial charge is 0.478 e. The van der Waals surface area contributed by atoms with Crippen molar-refractivity contribution in [3.8, 4) is 0 Å². The summed E-state index contributed by atoms with van der Waals surface area (Å²) in [5, 5.41) is 9.15. The summed E-state index contributed by atoms with van der Waals surface area (Å²) in [6.07, 6.45) is 0. The molecule has 0 saturated heterocycles. The van der Waals surface area contributed by atoms with E-state index in [0.717, 1.165) is 5.56 Å². The van der Waals surface area contributed by atoms with Crippen LogP contribution in [0, 0.1) is 6.92 Å². The monoisotopic (exact) mass is 230 g/mol. The van der Waals surface area contributed by atoms with E-state index < -0.39 is 5.97 Å². The standard InChI is InChI=1S/C8H7ClO2.2C2H6/c1-5-4-6(8(10)11)2-3-7(5)9;2*1-2/h2-4H,1H3,(H,10,11);2*1-2H3. The van der Waals surface area contributed by atoms with E-state index in [1.54, 1.807) is 19.1 Å². The molecule has 0 aliphatic rings. The minimum atomic E-state index is -0.926. The highest BCUT2D eigenvalue weighted by Crippen LogP contribution is 2.15. The van der Waals surface area contributed by atoms with E-state index in [1.165, 1.54) is 6.07 Å². The molecule has 0 aliphatic carbocycles. The zero-order valence-electron chi connectivity index (χ0n) is 9.97. The van der Waals surface area contributed by atoms with Gasteiger partial charge in [-0.2, -0.15) is 0 Å². The molecule has 0 unspecified atom stereocenters. The lowest BCUT2D eigenvalue weighted by Crippen LogP contribution is -1.95. The molecule has 0 heterocycles. The van der Waals surface area contributed by atoms with Crippen LogP contribution in [0.4, 0.5) is 0 Å². The van der Waals surface area contributed by atoms with Crippen molar-refractivity contribution >= 4 is 17.6 Å². The Morgan fingerprint density at radius 2 is 1.67 bits per heavy atom. The maximum Gasteiger partial charge on any atom is 0.335 e. The normalized spacial score (nSPS) is 7.87. The van der Waals surface area contributed by atoms with Crippen LogP contribution in [0.25, 0.3) is 0 Å². The molecule has 15 heavy (non-hydrogen) atoms. The number of hydrogen-bond acceptors (Lipinski definition) is 1. The average molecular weight is 231 g/mol. The first kappa shape index (κ1) is 16.4. The van der Waals surface area contributed by atoms with Gasteiger partial charge in [-0.1, -0.05) is 39.3 Å². The molecule has 1 aromatic rings. The highest BCUT2D eigenvalue weighted by atomic mass is 35.5. The second kappa shape index (κ2) is 9.53. The van der Waals surface area contributed by atoms with Gasteiger partial charge in [0, 0.05) is 5.02 Å². The molecule has 0 fully saturated rings. The van der Waals surface area contributed by atoms with Gasteiger partial charge in [0.15, 0.2) is 0 Å². The first-order valence-electron chi connectivity index (χ1n) is 5.10. The summed E-state index contributed by atoms with van der Waals surface area (Å²) < 4.78 is 0. The third-order valence-corrected chi connectivity index (χ3v) is 1.83. The van der Waals surface area contributed by atoms with Gasteiger partial charge in [-0.25, -0.2) is 4.79 Å². The van der Waals surface area contributed by atoms with Gasteiger partial charge in [0.2, 0.25) is 0 Å². The number of benzene rings is 1. The lowest BCUT2D eigenvalue weighted by atomic mass is 10.1. The van der Waals surface area contributed by atoms with Crippen molar-refractivity contribution in [2.45, 2.75) is 34.6 Å². The highest BCUT2D eigenvalue weighted by molar-refractivity contribution is 6.31. The van der Waals surface area contributed by atoms with E-state index in [0.29, 0.717) is 5.02 Å². The van der Waals surface area contributed by atoms with Crippen LogP contribution in [0.5, 0.6) is 0 Å². The Kier molecular flexibility index (Phi) is 10.4. The summed E-state index contributed by atoms with van der Waals surface area (Å²) in [7, 11) is 0. The van der Waals surface area contributed by atoms with Crippen molar-refractivity contribution in [2.75, 3.05) is 0 Å². The first-order valence-corrected chi connectivity index (χ1v) is 5.48. The molecule has 0 atom stereocenters. The molecule has 0 spiro atoms. The minimum absolute atomic E-state index is 0.270. The molecule has 0 aliphatic heterocycles. The van der Waals surface area contributed by atoms with E-state index in [9.17, 15) is 4.79 Å². The van der Waals surface area contributed by atoms with Gasteiger partial charge in [-0.3, -0.25) is 0 Å². The fourth-order valence-corrected chi connectivity index (χ4v) is 0.895. The zero-order chi connectivity index (χ0) is 12.4. The van der Waals surface area contributed by atoms with Crippen LogP contribution in [-0.2, 0) is 0 Å². The van der Waals surface area contributed by atoms with Crippen molar-refractivity contribution in [2.24, 2.45) is 0 Å². The molecular weight excluding hydrogens is 212 g/mol. The summed E-state index contributed by atoms with van der Waals surface area (Å²) in [6, 6.07) is 4.61. The SMILES string of the molecule is CC.CC.Cc1cc(C(=O)O)ccc1Cl. The number of carboxylic acid groups (broad SMARTS) is 1. The third kappa shape index (κ3) is 6.13. The summed E-state index contributed by atoms with van der Waals surface area (Å²) in [6.45, 7) is 9.77. The minimum Gasteiger partial charge on any atom is -0.478 e. The predicted molar refractivity (Wildman–Crippen MR) is 65.8 cm³/mol. The van der Waals surface area contributed by atoms with Crippen LogP contribution in [0.2, 0.25) is 5.02 Å². The Morgan fingerprint density at radius 3 is 2.00 bits per heavy atom. The van der Waals surface area contributed by atoms with Crippen molar-refractivity contribution in [3.63, 3.8) is 0 Å². The Labute approximate surface area is 96.9 Å². The number of carboxylic acids is 1. The number of halogens is 1. The fraction of sp³-hybridized carbons (Fsp3) is 0.417. The molecule has 0 radical (unpaired) electrons. The zero-order valence-corrected chi connectivity index (χ0v) is 10.7. The second-order valence-electron chi connectivity index (χ2n) is 2.27. The molecule has 86 valence electrons. The van der Waals surface area contributed by atoms with Crippen LogP contribution in [0.3, 0.4) is 0 Å². The van der Waals surface area contributed by atoms with E-state index in [4.69, 9.17) is 16.7 Å². The Morgan fingerprint density at radius 1 is 1.20 bits per heavy atom. The molecular formula is C12H19ClO2. The third-order valence-electron chi connectivity index (χ3n) is 1.40. The van der Waals surface area contributed by atoms with Crippen LogP contribution in [-0.4, -0.2) is 11.1 Å². The molecule has 1 rings (SSSR count). The Hall–Kier alpha value is -1.02. The van der Waals surface area contributed by atoms with Crippen LogP contribution < -0.4 is 0 Å². The fourth-order valence-electron chi connectivity index (χ4n) is 0.778. The van der Waals surface area contributed by atoms with Crippen molar-refractivity contribution < 1.29 is 9.90 Å². The topological polar surface area (TPSA) is 37.3 Å². The van der Waals surface area contributed by atoms with Gasteiger partial charge in [-0.15, -0.1) is 0 Å². The van der Waals surface area contributed by atoms with Gasteiger partial charge < -0.3 is 5.11 Å². The highest BCUT2D eigenvalue weighted by Gasteiger charge is 2.03. The molecule has 0 aromatic heterocycles. The van der Waals surface area contributed by atoms with Crippen LogP contribution in [0.15, 0.2) is 18.2 Å². The van der Waals surface area contributed by atoms with Crippen molar-refractivity contribution in [1.82, 2.24) is 0 Å². The summed E-state index contributed by atoms with van der Waals surface area (Å²) in [5.74, 6) is -0.926. The van der Waals surface area contributed by atoms with Gasteiger partial charge >= 0.3 is 5.97 Å². The van der Waals surface area contributed by atoms with Crippen molar-refractivity contribution in [1.29, 1.82) is 0 Å². The molecule has 0 amide bonds. The number of carbonyl (C=O) groups is 1. The Bertz CT molecular complexity index is 296. The Balaban J connectivity index is 0. The maximum absolute atomic E-state index is 10.4. The van der Waals surface area contributed by atoms with Crippen LogP contribution in [0.1, 0.15) is 43.6 Å².